The monoisotopic (exact) mass is 348 g/mol. The van der Waals surface area contributed by atoms with E-state index in [1.54, 1.807) is 16.0 Å². The Bertz CT molecular complexity index is 1050. The molecule has 0 spiro atoms. The number of amides is 1. The fourth-order valence-corrected chi connectivity index (χ4v) is 3.58. The number of pyridine rings is 1. The van der Waals surface area contributed by atoms with E-state index in [1.165, 1.54) is 0 Å². The smallest absolute Gasteiger partial charge is 0.256 e. The van der Waals surface area contributed by atoms with Gasteiger partial charge in [0.05, 0.1) is 27.2 Å². The maximum atomic E-state index is 12.9. The maximum absolute atomic E-state index is 12.9. The Morgan fingerprint density at radius 3 is 2.68 bits per heavy atom. The van der Waals surface area contributed by atoms with Crippen molar-refractivity contribution < 1.29 is 4.79 Å². The van der Waals surface area contributed by atoms with Crippen LogP contribution in [0.2, 0.25) is 0 Å². The first-order chi connectivity index (χ1) is 12.1. The summed E-state index contributed by atoms with van der Waals surface area (Å²) in [7, 11) is 1.85. The van der Waals surface area contributed by atoms with E-state index in [9.17, 15) is 4.79 Å². The fraction of sp³-hybridized carbons (Fsp3) is 0.105. The summed E-state index contributed by atoms with van der Waals surface area (Å²) in [5.74, 6) is -0.160. The zero-order valence-electron chi connectivity index (χ0n) is 13.9. The highest BCUT2D eigenvalue weighted by Crippen LogP contribution is 2.29. The van der Waals surface area contributed by atoms with Crippen molar-refractivity contribution in [3.8, 4) is 10.6 Å². The molecule has 4 rings (SSSR count). The van der Waals surface area contributed by atoms with Crippen LogP contribution < -0.4 is 5.32 Å². The van der Waals surface area contributed by atoms with Crippen LogP contribution in [0.25, 0.3) is 21.6 Å². The highest BCUT2D eigenvalue weighted by Gasteiger charge is 2.19. The van der Waals surface area contributed by atoms with Crippen LogP contribution in [0.15, 0.2) is 53.9 Å². The average Bonchev–Trinajstić information content (AvgIpc) is 3.24. The van der Waals surface area contributed by atoms with E-state index in [0.717, 1.165) is 27.3 Å². The lowest BCUT2D eigenvalue weighted by Crippen LogP contribution is -2.13. The number of thiophene rings is 1. The molecule has 0 aliphatic rings. The summed E-state index contributed by atoms with van der Waals surface area (Å²) in [4.78, 5) is 18.7. The summed E-state index contributed by atoms with van der Waals surface area (Å²) in [6.45, 7) is 1.90. The standard InChI is InChI=1S/C19H16N4OS/c1-12-17-14(19(24)20-13-7-4-3-5-8-13)11-15(16-9-6-10-25-16)21-18(17)23(2)22-12/h3-11H,1-2H3,(H,20,24). The molecular formula is C19H16N4OS. The van der Waals surface area contributed by atoms with Gasteiger partial charge in [-0.05, 0) is 36.6 Å². The van der Waals surface area contributed by atoms with Gasteiger partial charge in [0.2, 0.25) is 0 Å². The third kappa shape index (κ3) is 2.81. The first kappa shape index (κ1) is 15.5. The number of anilines is 1. The molecule has 6 heteroatoms. The van der Waals surface area contributed by atoms with Gasteiger partial charge in [-0.15, -0.1) is 11.3 Å². The van der Waals surface area contributed by atoms with E-state index >= 15 is 0 Å². The number of hydrogen-bond acceptors (Lipinski definition) is 4. The van der Waals surface area contributed by atoms with Gasteiger partial charge >= 0.3 is 0 Å². The molecule has 4 aromatic rings. The molecule has 3 aromatic heterocycles. The predicted molar refractivity (Wildman–Crippen MR) is 101 cm³/mol. The Hall–Kier alpha value is -2.99. The molecule has 0 aliphatic carbocycles. The molecule has 25 heavy (non-hydrogen) atoms. The number of benzene rings is 1. The molecule has 5 nitrogen and oxygen atoms in total. The van der Waals surface area contributed by atoms with Crippen LogP contribution in [0.5, 0.6) is 0 Å². The topological polar surface area (TPSA) is 59.8 Å². The maximum Gasteiger partial charge on any atom is 0.256 e. The second-order valence-electron chi connectivity index (χ2n) is 5.76. The minimum atomic E-state index is -0.160. The Kier molecular flexibility index (Phi) is 3.82. The SMILES string of the molecule is Cc1nn(C)c2nc(-c3cccs3)cc(C(=O)Nc3ccccc3)c12. The van der Waals surface area contributed by atoms with E-state index in [1.807, 2.05) is 67.9 Å². The number of nitrogens with one attached hydrogen (secondary N) is 1. The molecule has 1 amide bonds. The lowest BCUT2D eigenvalue weighted by molar-refractivity contribution is 0.102. The minimum Gasteiger partial charge on any atom is -0.322 e. The Morgan fingerprint density at radius 1 is 1.16 bits per heavy atom. The van der Waals surface area contributed by atoms with Crippen molar-refractivity contribution in [1.82, 2.24) is 14.8 Å². The lowest BCUT2D eigenvalue weighted by atomic mass is 10.1. The molecule has 1 N–H and O–H groups in total. The first-order valence-electron chi connectivity index (χ1n) is 7.88. The number of aromatic nitrogens is 3. The van der Waals surface area contributed by atoms with Gasteiger partial charge in [-0.25, -0.2) is 4.98 Å². The van der Waals surface area contributed by atoms with Crippen LogP contribution in [0.1, 0.15) is 16.1 Å². The van der Waals surface area contributed by atoms with Crippen LogP contribution in [0, 0.1) is 6.92 Å². The molecule has 0 bridgehead atoms. The van der Waals surface area contributed by atoms with Crippen molar-refractivity contribution in [2.24, 2.45) is 7.05 Å². The molecule has 0 saturated carbocycles. The number of aryl methyl sites for hydroxylation is 2. The number of hydrogen-bond donors (Lipinski definition) is 1. The van der Waals surface area contributed by atoms with Crippen LogP contribution in [-0.2, 0) is 7.05 Å². The Labute approximate surface area is 149 Å². The summed E-state index contributed by atoms with van der Waals surface area (Å²) in [6, 6.07) is 15.3. The van der Waals surface area contributed by atoms with Gasteiger partial charge in [0.1, 0.15) is 0 Å². The van der Waals surface area contributed by atoms with Crippen molar-refractivity contribution >= 4 is 34.0 Å². The number of rotatable bonds is 3. The Morgan fingerprint density at radius 2 is 1.96 bits per heavy atom. The molecule has 0 saturated heterocycles. The molecule has 0 aliphatic heterocycles. The van der Waals surface area contributed by atoms with E-state index < -0.39 is 0 Å². The molecule has 0 atom stereocenters. The normalized spacial score (nSPS) is 11.0. The number of para-hydroxylation sites is 1. The summed E-state index contributed by atoms with van der Waals surface area (Å²) in [6.07, 6.45) is 0. The van der Waals surface area contributed by atoms with E-state index in [2.05, 4.69) is 10.4 Å². The quantitative estimate of drug-likeness (QED) is 0.602. The van der Waals surface area contributed by atoms with Gasteiger partial charge in [0.25, 0.3) is 5.91 Å². The second kappa shape index (κ2) is 6.14. The first-order valence-corrected chi connectivity index (χ1v) is 8.76. The summed E-state index contributed by atoms with van der Waals surface area (Å²) >= 11 is 1.60. The van der Waals surface area contributed by atoms with E-state index in [-0.39, 0.29) is 5.91 Å². The summed E-state index contributed by atoms with van der Waals surface area (Å²) in [5, 5.41) is 10.2. The minimum absolute atomic E-state index is 0.160. The number of nitrogens with zero attached hydrogens (tertiary/aromatic N) is 3. The lowest BCUT2D eigenvalue weighted by Gasteiger charge is -2.08. The summed E-state index contributed by atoms with van der Waals surface area (Å²) in [5.41, 5.74) is 3.63. The zero-order chi connectivity index (χ0) is 17.4. The van der Waals surface area contributed by atoms with Gasteiger partial charge in [-0.2, -0.15) is 5.10 Å². The van der Waals surface area contributed by atoms with Crippen molar-refractivity contribution in [3.63, 3.8) is 0 Å². The highest BCUT2D eigenvalue weighted by atomic mass is 32.1. The molecular weight excluding hydrogens is 332 g/mol. The van der Waals surface area contributed by atoms with Crippen molar-refractivity contribution in [2.75, 3.05) is 5.32 Å². The van der Waals surface area contributed by atoms with Crippen LogP contribution in [0.3, 0.4) is 0 Å². The molecule has 124 valence electrons. The van der Waals surface area contributed by atoms with E-state index in [4.69, 9.17) is 4.98 Å². The van der Waals surface area contributed by atoms with E-state index in [0.29, 0.717) is 11.2 Å². The molecule has 0 unspecified atom stereocenters. The average molecular weight is 348 g/mol. The number of carbonyl (C=O) groups is 1. The number of fused-ring (bicyclic) bond motifs is 1. The Balaban J connectivity index is 1.87. The van der Waals surface area contributed by atoms with Gasteiger partial charge in [0.15, 0.2) is 5.65 Å². The van der Waals surface area contributed by atoms with Gasteiger partial charge < -0.3 is 5.32 Å². The number of carbonyl (C=O) groups excluding carboxylic acids is 1. The van der Waals surface area contributed by atoms with Crippen LogP contribution in [-0.4, -0.2) is 20.7 Å². The molecule has 3 heterocycles. The second-order valence-corrected chi connectivity index (χ2v) is 6.71. The van der Waals surface area contributed by atoms with Gasteiger partial charge in [0, 0.05) is 12.7 Å². The third-order valence-electron chi connectivity index (χ3n) is 4.02. The van der Waals surface area contributed by atoms with Crippen molar-refractivity contribution in [3.05, 3.63) is 65.2 Å². The summed E-state index contributed by atoms with van der Waals surface area (Å²) < 4.78 is 1.72. The van der Waals surface area contributed by atoms with Crippen LogP contribution >= 0.6 is 11.3 Å². The third-order valence-corrected chi connectivity index (χ3v) is 4.91. The van der Waals surface area contributed by atoms with Gasteiger partial charge in [-0.1, -0.05) is 24.3 Å². The van der Waals surface area contributed by atoms with Crippen LogP contribution in [0.4, 0.5) is 5.69 Å². The van der Waals surface area contributed by atoms with Crippen molar-refractivity contribution in [2.45, 2.75) is 6.92 Å². The highest BCUT2D eigenvalue weighted by molar-refractivity contribution is 7.13. The molecule has 0 radical (unpaired) electrons. The molecule has 1 aromatic carbocycles. The predicted octanol–water partition coefficient (Wildman–Crippen LogP) is 4.26. The van der Waals surface area contributed by atoms with Crippen molar-refractivity contribution in [1.29, 1.82) is 0 Å². The van der Waals surface area contributed by atoms with Gasteiger partial charge in [-0.3, -0.25) is 9.48 Å². The largest absolute Gasteiger partial charge is 0.322 e. The fourth-order valence-electron chi connectivity index (χ4n) is 2.89. The zero-order valence-corrected chi connectivity index (χ0v) is 14.7. The molecule has 0 fully saturated rings.